The summed E-state index contributed by atoms with van der Waals surface area (Å²) in [4.78, 5) is 10.1. The Morgan fingerprint density at radius 1 is 0.791 bits per heavy atom. The van der Waals surface area contributed by atoms with E-state index in [9.17, 15) is 16.8 Å². The van der Waals surface area contributed by atoms with Crippen LogP contribution in [0, 0.1) is 0 Å². The summed E-state index contributed by atoms with van der Waals surface area (Å²) in [5.41, 5.74) is 2.96. The number of benzene rings is 3. The molecule has 2 saturated heterocycles. The third kappa shape index (κ3) is 6.56. The number of rotatable bonds is 9. The van der Waals surface area contributed by atoms with Crippen molar-refractivity contribution in [1.29, 1.82) is 0 Å². The van der Waals surface area contributed by atoms with Crippen LogP contribution in [0.3, 0.4) is 0 Å². The molecule has 3 heterocycles. The quantitative estimate of drug-likeness (QED) is 0.276. The van der Waals surface area contributed by atoms with Gasteiger partial charge >= 0.3 is 0 Å². The lowest BCUT2D eigenvalue weighted by atomic mass is 9.99. The van der Waals surface area contributed by atoms with Crippen molar-refractivity contribution in [3.63, 3.8) is 0 Å². The van der Waals surface area contributed by atoms with Gasteiger partial charge in [0.25, 0.3) is 0 Å². The van der Waals surface area contributed by atoms with Gasteiger partial charge in [0.2, 0.25) is 10.0 Å². The molecule has 4 aromatic rings. The smallest absolute Gasteiger partial charge is 0.243 e. The molecule has 1 unspecified atom stereocenters. The molecule has 2 aliphatic heterocycles. The number of hydrogen-bond acceptors (Lipinski definition) is 7. The lowest BCUT2D eigenvalue weighted by Gasteiger charge is -2.40. The van der Waals surface area contributed by atoms with Gasteiger partial charge in [-0.05, 0) is 61.7 Å². The molecule has 9 nitrogen and oxygen atoms in total. The summed E-state index contributed by atoms with van der Waals surface area (Å²) in [5.74, 6) is 0. The van der Waals surface area contributed by atoms with E-state index < -0.39 is 19.9 Å². The number of hydrogen-bond donors (Lipinski definition) is 0. The molecular weight excluding hydrogens is 583 g/mol. The highest BCUT2D eigenvalue weighted by Crippen LogP contribution is 2.31. The summed E-state index contributed by atoms with van der Waals surface area (Å²) < 4.78 is 54.1. The number of aromatic nitrogens is 2. The van der Waals surface area contributed by atoms with E-state index in [1.807, 2.05) is 24.5 Å². The van der Waals surface area contributed by atoms with Crippen molar-refractivity contribution in [2.75, 3.05) is 52.1 Å². The van der Waals surface area contributed by atoms with Gasteiger partial charge in [0.05, 0.1) is 27.2 Å². The molecule has 11 heteroatoms. The second kappa shape index (κ2) is 12.5. The van der Waals surface area contributed by atoms with Crippen molar-refractivity contribution in [2.45, 2.75) is 41.1 Å². The van der Waals surface area contributed by atoms with Crippen LogP contribution in [0.1, 0.15) is 36.9 Å². The normalized spacial score (nSPS) is 19.1. The molecule has 0 saturated carbocycles. The van der Waals surface area contributed by atoms with Crippen LogP contribution in [0.25, 0.3) is 11.0 Å². The van der Waals surface area contributed by atoms with E-state index in [2.05, 4.69) is 43.6 Å². The topological polar surface area (TPSA) is 95.8 Å². The first-order valence-corrected chi connectivity index (χ1v) is 18.3. The fraction of sp³-hybridized carbons (Fsp3) is 0.406. The van der Waals surface area contributed by atoms with Crippen LogP contribution in [0.5, 0.6) is 0 Å². The number of sulfone groups is 1. The highest BCUT2D eigenvalue weighted by atomic mass is 32.2. The maximum absolute atomic E-state index is 13.2. The van der Waals surface area contributed by atoms with E-state index in [0.717, 1.165) is 44.4 Å². The molecule has 6 rings (SSSR count). The molecular formula is C32H39N5O4S2. The molecule has 0 aliphatic carbocycles. The summed E-state index contributed by atoms with van der Waals surface area (Å²) >= 11 is 0. The predicted molar refractivity (Wildman–Crippen MR) is 168 cm³/mol. The Morgan fingerprint density at radius 3 is 2.09 bits per heavy atom. The molecule has 0 radical (unpaired) electrons. The van der Waals surface area contributed by atoms with Gasteiger partial charge in [0.15, 0.2) is 9.84 Å². The number of imidazole rings is 1. The van der Waals surface area contributed by atoms with Crippen molar-refractivity contribution in [1.82, 2.24) is 23.7 Å². The average Bonchev–Trinajstić information content (AvgIpc) is 3.46. The van der Waals surface area contributed by atoms with Crippen LogP contribution in [-0.2, 0) is 19.9 Å². The van der Waals surface area contributed by atoms with Gasteiger partial charge in [-0.3, -0.25) is 4.90 Å². The van der Waals surface area contributed by atoms with E-state index in [1.165, 1.54) is 11.8 Å². The van der Waals surface area contributed by atoms with E-state index in [0.29, 0.717) is 47.5 Å². The molecule has 0 amide bonds. The fourth-order valence-corrected chi connectivity index (χ4v) is 8.58. The Morgan fingerprint density at radius 2 is 1.44 bits per heavy atom. The first-order chi connectivity index (χ1) is 20.7. The predicted octanol–water partition coefficient (Wildman–Crippen LogP) is 4.21. The second-order valence-electron chi connectivity index (χ2n) is 11.6. The lowest BCUT2D eigenvalue weighted by molar-refractivity contribution is 0.111. The SMILES string of the molecule is CS(=O)(=O)c1ccc2c(c1)ncn2C1CCN(CCC(c2ccccc2)N2CCN(S(=O)(=O)c3ccccc3)CC2)CC1. The van der Waals surface area contributed by atoms with Crippen molar-refractivity contribution < 1.29 is 16.8 Å². The average molecular weight is 622 g/mol. The van der Waals surface area contributed by atoms with Gasteiger partial charge in [-0.15, -0.1) is 0 Å². The number of likely N-dealkylation sites (tertiary alicyclic amines) is 1. The number of fused-ring (bicyclic) bond motifs is 1. The van der Waals surface area contributed by atoms with Crippen molar-refractivity contribution in [3.8, 4) is 0 Å². The maximum atomic E-state index is 13.2. The van der Waals surface area contributed by atoms with Gasteiger partial charge in [0, 0.05) is 57.6 Å². The van der Waals surface area contributed by atoms with Crippen LogP contribution in [0.4, 0.5) is 0 Å². The zero-order valence-electron chi connectivity index (χ0n) is 24.5. The standard InChI is InChI=1S/C32H39N5O4S2/c1-42(38,39)29-12-13-32-30(24-29)33-25-37(32)27-14-17-34(18-15-27)19-16-31(26-8-4-2-5-9-26)35-20-22-36(23-21-35)43(40,41)28-10-6-3-7-11-28/h2-13,24-25,27,31H,14-23H2,1H3. The third-order valence-corrected chi connectivity index (χ3v) is 11.9. The zero-order valence-corrected chi connectivity index (χ0v) is 26.1. The van der Waals surface area contributed by atoms with Crippen molar-refractivity contribution in [2.24, 2.45) is 0 Å². The monoisotopic (exact) mass is 621 g/mol. The molecule has 2 aliphatic rings. The summed E-state index contributed by atoms with van der Waals surface area (Å²) in [6.07, 6.45) is 6.05. The molecule has 1 atom stereocenters. The fourth-order valence-electron chi connectivity index (χ4n) is 6.49. The summed E-state index contributed by atoms with van der Waals surface area (Å²) in [6, 6.07) is 25.0. The Labute approximate surface area is 254 Å². The first kappa shape index (κ1) is 30.0. The lowest BCUT2D eigenvalue weighted by Crippen LogP contribution is -2.50. The van der Waals surface area contributed by atoms with Crippen LogP contribution in [0.15, 0.2) is 95.0 Å². The zero-order chi connectivity index (χ0) is 30.0. The molecule has 1 aromatic heterocycles. The van der Waals surface area contributed by atoms with Gasteiger partial charge in [-0.1, -0.05) is 48.5 Å². The largest absolute Gasteiger partial charge is 0.327 e. The van der Waals surface area contributed by atoms with Crippen LogP contribution in [0.2, 0.25) is 0 Å². The minimum atomic E-state index is -3.49. The van der Waals surface area contributed by atoms with Gasteiger partial charge in [0.1, 0.15) is 0 Å². The minimum Gasteiger partial charge on any atom is -0.327 e. The number of piperazine rings is 1. The molecule has 2 fully saturated rings. The highest BCUT2D eigenvalue weighted by molar-refractivity contribution is 7.90. The van der Waals surface area contributed by atoms with Crippen molar-refractivity contribution >= 4 is 30.9 Å². The highest BCUT2D eigenvalue weighted by Gasteiger charge is 2.32. The van der Waals surface area contributed by atoms with Gasteiger partial charge in [-0.2, -0.15) is 4.31 Å². The molecule has 43 heavy (non-hydrogen) atoms. The first-order valence-electron chi connectivity index (χ1n) is 14.9. The maximum Gasteiger partial charge on any atom is 0.243 e. The second-order valence-corrected chi connectivity index (χ2v) is 15.6. The van der Waals surface area contributed by atoms with E-state index in [4.69, 9.17) is 0 Å². The number of nitrogens with zero attached hydrogens (tertiary/aromatic N) is 5. The van der Waals surface area contributed by atoms with Crippen LogP contribution >= 0.6 is 0 Å². The number of sulfonamides is 1. The molecule has 0 spiro atoms. The van der Waals surface area contributed by atoms with Crippen molar-refractivity contribution in [3.05, 3.63) is 90.8 Å². The Hall–Kier alpha value is -3.09. The molecule has 228 valence electrons. The molecule has 3 aromatic carbocycles. The Kier molecular flexibility index (Phi) is 8.70. The minimum absolute atomic E-state index is 0.224. The van der Waals surface area contributed by atoms with E-state index in [1.54, 1.807) is 40.7 Å². The van der Waals surface area contributed by atoms with Crippen LogP contribution < -0.4 is 0 Å². The Balaban J connectivity index is 1.07. The van der Waals surface area contributed by atoms with Gasteiger partial charge < -0.3 is 9.47 Å². The van der Waals surface area contributed by atoms with Crippen LogP contribution in [-0.4, -0.2) is 92.6 Å². The number of piperidine rings is 1. The van der Waals surface area contributed by atoms with E-state index in [-0.39, 0.29) is 6.04 Å². The van der Waals surface area contributed by atoms with Gasteiger partial charge in [-0.25, -0.2) is 21.8 Å². The van der Waals surface area contributed by atoms with E-state index >= 15 is 0 Å². The molecule has 0 bridgehead atoms. The summed E-state index contributed by atoms with van der Waals surface area (Å²) in [5, 5.41) is 0. The third-order valence-electron chi connectivity index (χ3n) is 8.92. The summed E-state index contributed by atoms with van der Waals surface area (Å²) in [6.45, 7) is 5.29. The summed E-state index contributed by atoms with van der Waals surface area (Å²) in [7, 11) is -6.76. The molecule has 0 N–H and O–H groups in total. The Bertz CT molecular complexity index is 1750.